The summed E-state index contributed by atoms with van der Waals surface area (Å²) in [4.78, 5) is 14.8. The first-order valence-electron chi connectivity index (χ1n) is 6.35. The van der Waals surface area contributed by atoms with Gasteiger partial charge >= 0.3 is 0 Å². The summed E-state index contributed by atoms with van der Waals surface area (Å²) in [6.45, 7) is 2.81. The van der Waals surface area contributed by atoms with Crippen molar-refractivity contribution in [3.05, 3.63) is 46.3 Å². The second-order valence-electron chi connectivity index (χ2n) is 4.34. The monoisotopic (exact) mass is 304 g/mol. The van der Waals surface area contributed by atoms with Gasteiger partial charge in [0.05, 0.1) is 5.39 Å². The van der Waals surface area contributed by atoms with Crippen molar-refractivity contribution in [3.63, 3.8) is 0 Å². The highest BCUT2D eigenvalue weighted by atomic mass is 35.5. The van der Waals surface area contributed by atoms with E-state index in [9.17, 15) is 0 Å². The minimum atomic E-state index is 0.277. The van der Waals surface area contributed by atoms with Gasteiger partial charge in [-0.25, -0.2) is 9.97 Å². The third kappa shape index (κ3) is 2.73. The summed E-state index contributed by atoms with van der Waals surface area (Å²) in [5, 5.41) is 4.64. The van der Waals surface area contributed by atoms with E-state index in [1.54, 1.807) is 23.7 Å². The summed E-state index contributed by atoms with van der Waals surface area (Å²) in [7, 11) is 0. The van der Waals surface area contributed by atoms with Gasteiger partial charge in [0.15, 0.2) is 0 Å². The van der Waals surface area contributed by atoms with E-state index in [0.717, 1.165) is 28.0 Å². The molecule has 20 heavy (non-hydrogen) atoms. The quantitative estimate of drug-likeness (QED) is 0.742. The Hall–Kier alpha value is -1.72. The zero-order valence-electron chi connectivity index (χ0n) is 10.9. The fourth-order valence-corrected chi connectivity index (χ4v) is 3.13. The molecule has 4 nitrogen and oxygen atoms in total. The van der Waals surface area contributed by atoms with Crippen molar-refractivity contribution < 1.29 is 0 Å². The van der Waals surface area contributed by atoms with Crippen molar-refractivity contribution in [2.24, 2.45) is 0 Å². The highest BCUT2D eigenvalue weighted by molar-refractivity contribution is 7.18. The summed E-state index contributed by atoms with van der Waals surface area (Å²) >= 11 is 7.65. The van der Waals surface area contributed by atoms with Crippen molar-refractivity contribution in [2.45, 2.75) is 19.9 Å². The first-order valence-corrected chi connectivity index (χ1v) is 7.54. The van der Waals surface area contributed by atoms with Crippen molar-refractivity contribution >= 4 is 39.0 Å². The molecule has 3 heterocycles. The molecule has 3 aromatic heterocycles. The number of anilines is 1. The summed E-state index contributed by atoms with van der Waals surface area (Å²) in [6.07, 6.45) is 4.54. The van der Waals surface area contributed by atoms with Gasteiger partial charge in [-0.15, -0.1) is 11.3 Å². The average molecular weight is 305 g/mol. The molecule has 0 spiro atoms. The highest BCUT2D eigenvalue weighted by Gasteiger charge is 2.10. The molecule has 3 aromatic rings. The topological polar surface area (TPSA) is 50.7 Å². The fourth-order valence-electron chi connectivity index (χ4n) is 1.94. The van der Waals surface area contributed by atoms with Crippen molar-refractivity contribution in [1.82, 2.24) is 15.0 Å². The fraction of sp³-hybridized carbons (Fsp3) is 0.214. The van der Waals surface area contributed by atoms with E-state index < -0.39 is 0 Å². The lowest BCUT2D eigenvalue weighted by Gasteiger charge is -2.06. The summed E-state index contributed by atoms with van der Waals surface area (Å²) in [5.74, 6) is 0.785. The molecule has 0 unspecified atom stereocenters. The Morgan fingerprint density at radius 2 is 2.05 bits per heavy atom. The number of nitrogens with zero attached hydrogens (tertiary/aromatic N) is 3. The van der Waals surface area contributed by atoms with E-state index in [0.29, 0.717) is 6.54 Å². The van der Waals surface area contributed by atoms with Crippen LogP contribution in [0.15, 0.2) is 30.6 Å². The lowest BCUT2D eigenvalue weighted by Crippen LogP contribution is -2.02. The Balaban J connectivity index is 1.92. The lowest BCUT2D eigenvalue weighted by atomic mass is 10.2. The maximum absolute atomic E-state index is 5.99. The van der Waals surface area contributed by atoms with Gasteiger partial charge in [-0.2, -0.15) is 0 Å². The zero-order valence-corrected chi connectivity index (χ0v) is 12.5. The Bertz CT molecular complexity index is 727. The zero-order chi connectivity index (χ0) is 13.9. The smallest absolute Gasteiger partial charge is 0.225 e. The number of hydrogen-bond acceptors (Lipinski definition) is 5. The number of hydrogen-bond donors (Lipinski definition) is 1. The third-order valence-electron chi connectivity index (χ3n) is 2.97. The minimum Gasteiger partial charge on any atom is -0.365 e. The number of nitrogens with one attached hydrogen (secondary N) is 1. The van der Waals surface area contributed by atoms with Gasteiger partial charge in [-0.3, -0.25) is 4.98 Å². The lowest BCUT2D eigenvalue weighted by molar-refractivity contribution is 1.09. The van der Waals surface area contributed by atoms with Crippen LogP contribution in [0, 0.1) is 0 Å². The Morgan fingerprint density at radius 1 is 1.25 bits per heavy atom. The van der Waals surface area contributed by atoms with Gasteiger partial charge in [0.2, 0.25) is 5.28 Å². The van der Waals surface area contributed by atoms with E-state index in [1.165, 1.54) is 4.88 Å². The number of rotatable bonds is 4. The van der Waals surface area contributed by atoms with Crippen LogP contribution >= 0.6 is 22.9 Å². The first kappa shape index (κ1) is 13.3. The molecule has 0 radical (unpaired) electrons. The van der Waals surface area contributed by atoms with Crippen LogP contribution in [-0.2, 0) is 13.0 Å². The Labute approximate surface area is 125 Å². The van der Waals surface area contributed by atoms with Crippen molar-refractivity contribution in [1.29, 1.82) is 0 Å². The van der Waals surface area contributed by atoms with Crippen LogP contribution in [0.5, 0.6) is 0 Å². The molecule has 6 heteroatoms. The average Bonchev–Trinajstić information content (AvgIpc) is 2.88. The maximum Gasteiger partial charge on any atom is 0.225 e. The molecule has 0 aromatic carbocycles. The number of halogens is 1. The van der Waals surface area contributed by atoms with Crippen LogP contribution in [0.25, 0.3) is 10.2 Å². The third-order valence-corrected chi connectivity index (χ3v) is 4.32. The molecular formula is C14H13ClN4S. The molecule has 0 fully saturated rings. The molecule has 3 rings (SSSR count). The van der Waals surface area contributed by atoms with E-state index in [1.807, 2.05) is 12.1 Å². The molecule has 0 aliphatic heterocycles. The second-order valence-corrected chi connectivity index (χ2v) is 5.79. The van der Waals surface area contributed by atoms with Crippen LogP contribution < -0.4 is 5.32 Å². The van der Waals surface area contributed by atoms with Crippen LogP contribution in [0.3, 0.4) is 0 Å². The molecule has 102 valence electrons. The minimum absolute atomic E-state index is 0.277. The number of thiophene rings is 1. The van der Waals surface area contributed by atoms with Crippen LogP contribution in [0.2, 0.25) is 5.28 Å². The summed E-state index contributed by atoms with van der Waals surface area (Å²) in [6, 6.07) is 6.07. The van der Waals surface area contributed by atoms with E-state index in [2.05, 4.69) is 33.3 Å². The molecule has 0 amide bonds. The molecular weight excluding hydrogens is 292 g/mol. The van der Waals surface area contributed by atoms with Crippen molar-refractivity contribution in [3.8, 4) is 0 Å². The predicted octanol–water partition coefficient (Wildman–Crippen LogP) is 3.91. The van der Waals surface area contributed by atoms with Gasteiger partial charge < -0.3 is 5.32 Å². The largest absolute Gasteiger partial charge is 0.365 e. The maximum atomic E-state index is 5.99. The van der Waals surface area contributed by atoms with E-state index in [-0.39, 0.29) is 5.28 Å². The van der Waals surface area contributed by atoms with Gasteiger partial charge in [0, 0.05) is 23.8 Å². The molecule has 0 aliphatic rings. The van der Waals surface area contributed by atoms with Crippen molar-refractivity contribution in [2.75, 3.05) is 5.32 Å². The van der Waals surface area contributed by atoms with Gasteiger partial charge in [-0.05, 0) is 41.8 Å². The second kappa shape index (κ2) is 5.73. The normalized spacial score (nSPS) is 10.9. The van der Waals surface area contributed by atoms with Gasteiger partial charge in [0.25, 0.3) is 0 Å². The predicted molar refractivity (Wildman–Crippen MR) is 83.4 cm³/mol. The number of fused-ring (bicyclic) bond motifs is 1. The first-order chi connectivity index (χ1) is 9.76. The number of aryl methyl sites for hydroxylation is 1. The number of aromatic nitrogens is 3. The van der Waals surface area contributed by atoms with Crippen LogP contribution in [0.4, 0.5) is 5.82 Å². The number of pyridine rings is 1. The molecule has 0 aliphatic carbocycles. The van der Waals surface area contributed by atoms with Gasteiger partial charge in [-0.1, -0.05) is 6.92 Å². The standard InChI is InChI=1S/C14H13ClN4S/c1-2-10-7-11-12(18-14(15)19-13(11)20-10)17-8-9-3-5-16-6-4-9/h3-7H,2,8H2,1H3,(H,17,18,19). The molecule has 0 saturated carbocycles. The molecule has 0 bridgehead atoms. The molecule has 0 atom stereocenters. The van der Waals surface area contributed by atoms with Crippen LogP contribution in [0.1, 0.15) is 17.4 Å². The van der Waals surface area contributed by atoms with Crippen LogP contribution in [-0.4, -0.2) is 15.0 Å². The summed E-state index contributed by atoms with van der Waals surface area (Å²) < 4.78 is 0. The summed E-state index contributed by atoms with van der Waals surface area (Å²) in [5.41, 5.74) is 1.15. The van der Waals surface area contributed by atoms with Gasteiger partial charge in [0.1, 0.15) is 10.6 Å². The Morgan fingerprint density at radius 3 is 2.80 bits per heavy atom. The SMILES string of the molecule is CCc1cc2c(NCc3ccncc3)nc(Cl)nc2s1. The van der Waals surface area contributed by atoms with E-state index in [4.69, 9.17) is 11.6 Å². The molecule has 1 N–H and O–H groups in total. The highest BCUT2D eigenvalue weighted by Crippen LogP contribution is 2.30. The Kier molecular flexibility index (Phi) is 3.80. The van der Waals surface area contributed by atoms with E-state index >= 15 is 0 Å². The molecule has 0 saturated heterocycles.